The van der Waals surface area contributed by atoms with E-state index in [-0.39, 0.29) is 28.8 Å². The number of nitrogens with two attached hydrogens (primary N) is 1. The van der Waals surface area contributed by atoms with Crippen LogP contribution < -0.4 is 5.14 Å². The highest BCUT2D eigenvalue weighted by Crippen LogP contribution is 2.22. The van der Waals surface area contributed by atoms with Crippen LogP contribution in [0.2, 0.25) is 0 Å². The van der Waals surface area contributed by atoms with Crippen molar-refractivity contribution in [1.29, 1.82) is 0 Å². The molecule has 3 N–H and O–H groups in total. The number of amides is 1. The number of benzene rings is 2. The summed E-state index contributed by atoms with van der Waals surface area (Å²) >= 11 is 0. The van der Waals surface area contributed by atoms with Crippen molar-refractivity contribution in [1.82, 2.24) is 4.90 Å². The summed E-state index contributed by atoms with van der Waals surface area (Å²) in [5, 5.41) is 14.1. The molecule has 0 spiro atoms. The molecule has 8 heteroatoms. The summed E-state index contributed by atoms with van der Waals surface area (Å²) in [5.74, 6) is -1.10. The smallest absolute Gasteiger partial charge is 0.335 e. The van der Waals surface area contributed by atoms with Crippen molar-refractivity contribution in [3.05, 3.63) is 65.2 Å². The molecular weight excluding hydrogens is 368 g/mol. The summed E-state index contributed by atoms with van der Waals surface area (Å²) in [5.41, 5.74) is 1.74. The Bertz CT molecular complexity index is 939. The van der Waals surface area contributed by atoms with Crippen LogP contribution in [0.4, 0.5) is 0 Å². The lowest BCUT2D eigenvalue weighted by molar-refractivity contribution is -0.131. The average Bonchev–Trinajstić information content (AvgIpc) is 2.64. The quantitative estimate of drug-likeness (QED) is 0.751. The Morgan fingerprint density at radius 3 is 2.33 bits per heavy atom. The molecule has 1 atom stereocenters. The summed E-state index contributed by atoms with van der Waals surface area (Å²) in [6.07, 6.45) is 0.731. The lowest BCUT2D eigenvalue weighted by Gasteiger charge is -2.25. The minimum absolute atomic E-state index is 0.00576. The van der Waals surface area contributed by atoms with Gasteiger partial charge in [0.15, 0.2) is 0 Å². The van der Waals surface area contributed by atoms with Gasteiger partial charge < -0.3 is 10.0 Å². The van der Waals surface area contributed by atoms with E-state index in [4.69, 9.17) is 10.2 Å². The third kappa shape index (κ3) is 5.38. The number of carboxylic acids is 1. The highest BCUT2D eigenvalue weighted by atomic mass is 32.2. The topological polar surface area (TPSA) is 118 Å². The Labute approximate surface area is 158 Å². The number of hydrogen-bond donors (Lipinski definition) is 2. The van der Waals surface area contributed by atoms with Crippen molar-refractivity contribution in [2.45, 2.75) is 30.7 Å². The van der Waals surface area contributed by atoms with Crippen molar-refractivity contribution in [2.75, 3.05) is 7.05 Å². The SMILES string of the molecule is CC(c1cccc(S(N)(=O)=O)c1)N(C)C(=O)CCc1ccc(C(=O)O)cc1. The largest absolute Gasteiger partial charge is 0.478 e. The maximum Gasteiger partial charge on any atom is 0.335 e. The van der Waals surface area contributed by atoms with Gasteiger partial charge in [-0.2, -0.15) is 0 Å². The van der Waals surface area contributed by atoms with Gasteiger partial charge in [0, 0.05) is 13.5 Å². The molecule has 2 aromatic carbocycles. The molecule has 1 unspecified atom stereocenters. The van der Waals surface area contributed by atoms with Gasteiger partial charge in [-0.05, 0) is 48.7 Å². The van der Waals surface area contributed by atoms with Crippen LogP contribution >= 0.6 is 0 Å². The zero-order chi connectivity index (χ0) is 20.2. The van der Waals surface area contributed by atoms with Crippen LogP contribution in [-0.2, 0) is 21.2 Å². The van der Waals surface area contributed by atoms with Gasteiger partial charge in [-0.1, -0.05) is 24.3 Å². The van der Waals surface area contributed by atoms with Gasteiger partial charge in [0.25, 0.3) is 0 Å². The first kappa shape index (κ1) is 20.6. The number of aromatic carboxylic acids is 1. The molecule has 0 aliphatic carbocycles. The van der Waals surface area contributed by atoms with E-state index >= 15 is 0 Å². The van der Waals surface area contributed by atoms with Crippen LogP contribution in [0, 0.1) is 0 Å². The maximum absolute atomic E-state index is 12.5. The van der Waals surface area contributed by atoms with E-state index in [1.807, 2.05) is 6.92 Å². The number of hydrogen-bond acceptors (Lipinski definition) is 4. The maximum atomic E-state index is 12.5. The van der Waals surface area contributed by atoms with Crippen LogP contribution in [0.15, 0.2) is 53.4 Å². The van der Waals surface area contributed by atoms with E-state index in [0.717, 1.165) is 5.56 Å². The van der Waals surface area contributed by atoms with E-state index in [1.54, 1.807) is 36.2 Å². The van der Waals surface area contributed by atoms with Crippen LogP contribution in [-0.4, -0.2) is 37.3 Å². The second-order valence-corrected chi connectivity index (χ2v) is 7.86. The number of primary sulfonamides is 1. The molecular formula is C19H22N2O5S. The van der Waals surface area contributed by atoms with Crippen molar-refractivity contribution in [2.24, 2.45) is 5.14 Å². The first-order valence-corrected chi connectivity index (χ1v) is 9.85. The Hall–Kier alpha value is -2.71. The van der Waals surface area contributed by atoms with Gasteiger partial charge in [0.05, 0.1) is 16.5 Å². The number of carboxylic acid groups (broad SMARTS) is 1. The Balaban J connectivity index is 2.03. The lowest BCUT2D eigenvalue weighted by Crippen LogP contribution is -2.30. The number of sulfonamides is 1. The van der Waals surface area contributed by atoms with E-state index in [0.29, 0.717) is 12.0 Å². The lowest BCUT2D eigenvalue weighted by atomic mass is 10.0. The number of rotatable bonds is 7. The van der Waals surface area contributed by atoms with E-state index < -0.39 is 16.0 Å². The third-order valence-corrected chi connectivity index (χ3v) is 5.38. The highest BCUT2D eigenvalue weighted by molar-refractivity contribution is 7.89. The van der Waals surface area contributed by atoms with Gasteiger partial charge >= 0.3 is 5.97 Å². The summed E-state index contributed by atoms with van der Waals surface area (Å²) in [4.78, 5) is 24.9. The molecule has 144 valence electrons. The zero-order valence-corrected chi connectivity index (χ0v) is 15.9. The Kier molecular flexibility index (Phi) is 6.35. The minimum atomic E-state index is -3.81. The van der Waals surface area contributed by atoms with Gasteiger partial charge in [-0.15, -0.1) is 0 Å². The first-order valence-electron chi connectivity index (χ1n) is 8.30. The molecule has 0 fully saturated rings. The van der Waals surface area contributed by atoms with E-state index in [1.165, 1.54) is 24.3 Å². The fourth-order valence-corrected chi connectivity index (χ4v) is 3.20. The Morgan fingerprint density at radius 1 is 1.15 bits per heavy atom. The monoisotopic (exact) mass is 390 g/mol. The first-order chi connectivity index (χ1) is 12.6. The predicted molar refractivity (Wildman–Crippen MR) is 101 cm³/mol. The normalized spacial score (nSPS) is 12.4. The molecule has 0 aliphatic heterocycles. The summed E-state index contributed by atoms with van der Waals surface area (Å²) in [6, 6.07) is 12.3. The number of carbonyl (C=O) groups is 2. The van der Waals surface area contributed by atoms with Crippen LogP contribution in [0.3, 0.4) is 0 Å². The molecule has 27 heavy (non-hydrogen) atoms. The number of aryl methyl sites for hydroxylation is 1. The fraction of sp³-hybridized carbons (Fsp3) is 0.263. The summed E-state index contributed by atoms with van der Waals surface area (Å²) < 4.78 is 23.0. The molecule has 0 heterocycles. The standard InChI is InChI=1S/C19H22N2O5S/c1-13(16-4-3-5-17(12-16)27(20,25)26)21(2)18(22)11-8-14-6-9-15(10-7-14)19(23)24/h3-7,9-10,12-13H,8,11H2,1-2H3,(H,23,24)(H2,20,25,26). The minimum Gasteiger partial charge on any atom is -0.478 e. The van der Waals surface area contributed by atoms with Crippen molar-refractivity contribution < 1.29 is 23.1 Å². The number of nitrogens with zero attached hydrogens (tertiary/aromatic N) is 1. The van der Waals surface area contributed by atoms with E-state index in [2.05, 4.69) is 0 Å². The average molecular weight is 390 g/mol. The van der Waals surface area contributed by atoms with Gasteiger partial charge in [-0.25, -0.2) is 18.4 Å². The molecule has 2 aromatic rings. The van der Waals surface area contributed by atoms with Crippen LogP contribution in [0.25, 0.3) is 0 Å². The van der Waals surface area contributed by atoms with Crippen LogP contribution in [0.5, 0.6) is 0 Å². The molecule has 2 rings (SSSR count). The number of carbonyl (C=O) groups excluding carboxylic acids is 1. The second kappa shape index (κ2) is 8.32. The van der Waals surface area contributed by atoms with Gasteiger partial charge in [-0.3, -0.25) is 4.79 Å². The van der Waals surface area contributed by atoms with Crippen molar-refractivity contribution in [3.8, 4) is 0 Å². The summed E-state index contributed by atoms with van der Waals surface area (Å²) in [6.45, 7) is 1.81. The molecule has 7 nitrogen and oxygen atoms in total. The summed E-state index contributed by atoms with van der Waals surface area (Å²) in [7, 11) is -2.15. The zero-order valence-electron chi connectivity index (χ0n) is 15.1. The predicted octanol–water partition coefficient (Wildman–Crippen LogP) is 2.18. The Morgan fingerprint density at radius 2 is 1.78 bits per heavy atom. The molecule has 1 amide bonds. The second-order valence-electron chi connectivity index (χ2n) is 6.30. The van der Waals surface area contributed by atoms with E-state index in [9.17, 15) is 18.0 Å². The van der Waals surface area contributed by atoms with Gasteiger partial charge in [0.1, 0.15) is 0 Å². The van der Waals surface area contributed by atoms with Crippen molar-refractivity contribution in [3.63, 3.8) is 0 Å². The van der Waals surface area contributed by atoms with Crippen LogP contribution in [0.1, 0.15) is 40.9 Å². The highest BCUT2D eigenvalue weighted by Gasteiger charge is 2.19. The third-order valence-electron chi connectivity index (χ3n) is 4.47. The molecule has 0 radical (unpaired) electrons. The molecule has 0 saturated heterocycles. The molecule has 0 aliphatic rings. The molecule has 0 saturated carbocycles. The molecule has 0 aromatic heterocycles. The van der Waals surface area contributed by atoms with Crippen molar-refractivity contribution >= 4 is 21.9 Å². The van der Waals surface area contributed by atoms with Gasteiger partial charge in [0.2, 0.25) is 15.9 Å². The molecule has 0 bridgehead atoms. The fourth-order valence-electron chi connectivity index (χ4n) is 2.63.